The number of hydrazone groups is 1. The maximum absolute atomic E-state index is 13.3. The molecular weight excluding hydrogens is 436 g/mol. The Bertz CT molecular complexity index is 1200. The summed E-state index contributed by atoms with van der Waals surface area (Å²) in [5.41, 5.74) is 2.12. The molecule has 1 heterocycles. The van der Waals surface area contributed by atoms with Gasteiger partial charge in [0.05, 0.1) is 12.1 Å². The zero-order valence-corrected chi connectivity index (χ0v) is 18.7. The summed E-state index contributed by atoms with van der Waals surface area (Å²) in [6.07, 6.45) is 0.0187. The molecule has 3 amide bonds. The molecule has 8 heteroatoms. The first kappa shape index (κ1) is 22.3. The lowest BCUT2D eigenvalue weighted by atomic mass is 10.1. The topological polar surface area (TPSA) is 90.9 Å². The number of nitrogens with zero attached hydrogens (tertiary/aromatic N) is 2. The molecule has 0 saturated heterocycles. The van der Waals surface area contributed by atoms with E-state index in [2.05, 4.69) is 15.7 Å². The summed E-state index contributed by atoms with van der Waals surface area (Å²) in [4.78, 5) is 38.0. The minimum absolute atomic E-state index is 0.0187. The van der Waals surface area contributed by atoms with E-state index in [0.29, 0.717) is 17.2 Å². The number of nitrogens with one attached hydrogen (secondary N) is 2. The summed E-state index contributed by atoms with van der Waals surface area (Å²) in [5, 5.41) is 10.6. The van der Waals surface area contributed by atoms with Gasteiger partial charge in [-0.05, 0) is 35.9 Å². The predicted octanol–water partition coefficient (Wildman–Crippen LogP) is 4.35. The molecule has 1 aliphatic rings. The highest BCUT2D eigenvalue weighted by Crippen LogP contribution is 2.36. The van der Waals surface area contributed by atoms with Gasteiger partial charge in [0, 0.05) is 17.5 Å². The summed E-state index contributed by atoms with van der Waals surface area (Å²) in [7, 11) is 0. The van der Waals surface area contributed by atoms with Crippen LogP contribution in [0.2, 0.25) is 0 Å². The van der Waals surface area contributed by atoms with Crippen LogP contribution < -0.4 is 15.6 Å². The zero-order chi connectivity index (χ0) is 23.2. The van der Waals surface area contributed by atoms with E-state index >= 15 is 0 Å². The lowest BCUT2D eigenvalue weighted by Crippen LogP contribution is -2.33. The second kappa shape index (κ2) is 10.1. The number of hydrogen-bond acceptors (Lipinski definition) is 5. The number of amidine groups is 1. The lowest BCUT2D eigenvalue weighted by Gasteiger charge is -2.17. The maximum atomic E-state index is 13.3. The van der Waals surface area contributed by atoms with Gasteiger partial charge in [-0.2, -0.15) is 10.1 Å². The summed E-state index contributed by atoms with van der Waals surface area (Å²) < 4.78 is 0. The highest BCUT2D eigenvalue weighted by Gasteiger charge is 2.29. The number of amides is 3. The molecule has 0 radical (unpaired) electrons. The van der Waals surface area contributed by atoms with Crippen molar-refractivity contribution >= 4 is 46.7 Å². The van der Waals surface area contributed by atoms with Crippen molar-refractivity contribution in [3.63, 3.8) is 0 Å². The fraction of sp³-hybridized carbons (Fsp3) is 0.120. The quantitative estimate of drug-likeness (QED) is 0.538. The van der Waals surface area contributed by atoms with E-state index in [1.165, 1.54) is 23.7 Å². The number of hydrogen-bond donors (Lipinski definition) is 2. The van der Waals surface area contributed by atoms with Crippen molar-refractivity contribution in [2.75, 3.05) is 10.3 Å². The molecular formula is C25H22N4O3S. The van der Waals surface area contributed by atoms with Crippen molar-refractivity contribution in [3.05, 3.63) is 90.5 Å². The molecule has 1 atom stereocenters. The standard InChI is InChI=1S/C25H22N4O3S/c1-17(30)26-19-11-8-14-21(15-19)33-24(18-9-4-2-5-10-18)25(32)27-22-16-23(31)29(28-22)20-12-6-3-7-13-20/h2-15,24H,16H2,1H3,(H,26,30)(H,27,28,32). The average molecular weight is 459 g/mol. The van der Waals surface area contributed by atoms with Gasteiger partial charge in [0.25, 0.3) is 5.91 Å². The van der Waals surface area contributed by atoms with Gasteiger partial charge in [-0.1, -0.05) is 54.6 Å². The van der Waals surface area contributed by atoms with E-state index in [4.69, 9.17) is 0 Å². The normalized spacial score (nSPS) is 13.9. The minimum Gasteiger partial charge on any atom is -0.326 e. The van der Waals surface area contributed by atoms with Crippen LogP contribution in [0.15, 0.2) is 94.9 Å². The minimum atomic E-state index is -0.581. The van der Waals surface area contributed by atoms with Crippen molar-refractivity contribution in [3.8, 4) is 0 Å². The summed E-state index contributed by atoms with van der Waals surface area (Å²) in [6, 6.07) is 25.8. The van der Waals surface area contributed by atoms with Gasteiger partial charge in [0.15, 0.2) is 0 Å². The number of benzene rings is 3. The van der Waals surface area contributed by atoms with Crippen molar-refractivity contribution in [2.24, 2.45) is 5.10 Å². The Labute approximate surface area is 195 Å². The lowest BCUT2D eigenvalue weighted by molar-refractivity contribution is -0.119. The Morgan fingerprint density at radius 3 is 2.33 bits per heavy atom. The fourth-order valence-corrected chi connectivity index (χ4v) is 4.45. The Morgan fingerprint density at radius 2 is 1.64 bits per heavy atom. The Kier molecular flexibility index (Phi) is 6.85. The summed E-state index contributed by atoms with van der Waals surface area (Å²) in [6.45, 7) is 1.45. The van der Waals surface area contributed by atoms with Crippen LogP contribution in [0.4, 0.5) is 11.4 Å². The fourth-order valence-electron chi connectivity index (χ4n) is 3.37. The van der Waals surface area contributed by atoms with Crippen LogP contribution in [0.3, 0.4) is 0 Å². The van der Waals surface area contributed by atoms with Crippen molar-refractivity contribution < 1.29 is 14.4 Å². The monoisotopic (exact) mass is 458 g/mol. The maximum Gasteiger partial charge on any atom is 0.255 e. The molecule has 7 nitrogen and oxygen atoms in total. The van der Waals surface area contributed by atoms with Crippen LogP contribution in [-0.4, -0.2) is 23.6 Å². The van der Waals surface area contributed by atoms with E-state index in [-0.39, 0.29) is 24.1 Å². The Hall–Kier alpha value is -3.91. The van der Waals surface area contributed by atoms with E-state index in [9.17, 15) is 14.4 Å². The molecule has 3 aromatic rings. The smallest absolute Gasteiger partial charge is 0.255 e. The number of para-hydroxylation sites is 1. The molecule has 0 saturated carbocycles. The Balaban J connectivity index is 1.55. The number of thioether (sulfide) groups is 1. The van der Waals surface area contributed by atoms with Crippen molar-refractivity contribution in [1.82, 2.24) is 5.32 Å². The highest BCUT2D eigenvalue weighted by atomic mass is 32.2. The van der Waals surface area contributed by atoms with Crippen LogP contribution in [0.5, 0.6) is 0 Å². The van der Waals surface area contributed by atoms with E-state index in [0.717, 1.165) is 10.5 Å². The van der Waals surface area contributed by atoms with Gasteiger partial charge >= 0.3 is 0 Å². The van der Waals surface area contributed by atoms with Crippen molar-refractivity contribution in [2.45, 2.75) is 23.5 Å². The molecule has 1 aliphatic heterocycles. The Morgan fingerprint density at radius 1 is 0.939 bits per heavy atom. The molecule has 0 fully saturated rings. The van der Waals surface area contributed by atoms with Crippen molar-refractivity contribution in [1.29, 1.82) is 0 Å². The molecule has 0 spiro atoms. The van der Waals surface area contributed by atoms with Gasteiger partial charge in [-0.3, -0.25) is 14.4 Å². The molecule has 0 aromatic heterocycles. The van der Waals surface area contributed by atoms with Gasteiger partial charge in [0.2, 0.25) is 11.8 Å². The first-order chi connectivity index (χ1) is 16.0. The van der Waals surface area contributed by atoms with Gasteiger partial charge in [-0.15, -0.1) is 11.8 Å². The first-order valence-corrected chi connectivity index (χ1v) is 11.2. The van der Waals surface area contributed by atoms with Crippen LogP contribution in [0.1, 0.15) is 24.2 Å². The second-order valence-corrected chi connectivity index (χ2v) is 8.55. The molecule has 33 heavy (non-hydrogen) atoms. The number of carbonyl (C=O) groups excluding carboxylic acids is 3. The average Bonchev–Trinajstić information content (AvgIpc) is 3.18. The molecule has 1 unspecified atom stereocenters. The number of anilines is 2. The van der Waals surface area contributed by atoms with E-state index in [1.54, 1.807) is 18.2 Å². The van der Waals surface area contributed by atoms with E-state index in [1.807, 2.05) is 66.7 Å². The highest BCUT2D eigenvalue weighted by molar-refractivity contribution is 8.00. The van der Waals surface area contributed by atoms with Gasteiger partial charge in [-0.25, -0.2) is 0 Å². The third kappa shape index (κ3) is 5.67. The third-order valence-corrected chi connectivity index (χ3v) is 6.04. The number of carbonyl (C=O) groups is 3. The van der Waals surface area contributed by atoms with Gasteiger partial charge < -0.3 is 10.6 Å². The summed E-state index contributed by atoms with van der Waals surface area (Å²) in [5.74, 6) is -0.343. The summed E-state index contributed by atoms with van der Waals surface area (Å²) >= 11 is 1.36. The van der Waals surface area contributed by atoms with Crippen LogP contribution >= 0.6 is 11.8 Å². The van der Waals surface area contributed by atoms with Crippen LogP contribution in [-0.2, 0) is 14.4 Å². The molecule has 2 N–H and O–H groups in total. The first-order valence-electron chi connectivity index (χ1n) is 10.4. The van der Waals surface area contributed by atoms with Crippen LogP contribution in [0.25, 0.3) is 0 Å². The van der Waals surface area contributed by atoms with Crippen LogP contribution in [0, 0.1) is 0 Å². The van der Waals surface area contributed by atoms with Gasteiger partial charge in [0.1, 0.15) is 11.1 Å². The third-order valence-electron chi connectivity index (χ3n) is 4.79. The molecule has 0 bridgehead atoms. The van der Waals surface area contributed by atoms with E-state index < -0.39 is 5.25 Å². The molecule has 3 aromatic carbocycles. The SMILES string of the molecule is CC(=O)Nc1cccc(SC(C(=O)NC2=NN(c3ccccc3)C(=O)C2)c2ccccc2)c1. The largest absolute Gasteiger partial charge is 0.326 e. The zero-order valence-electron chi connectivity index (χ0n) is 17.9. The number of rotatable bonds is 6. The molecule has 4 rings (SSSR count). The molecule has 0 aliphatic carbocycles. The predicted molar refractivity (Wildman–Crippen MR) is 130 cm³/mol. The molecule has 166 valence electrons. The second-order valence-electron chi connectivity index (χ2n) is 7.37.